The summed E-state index contributed by atoms with van der Waals surface area (Å²) in [5.74, 6) is -2.27. The van der Waals surface area contributed by atoms with E-state index in [1.54, 1.807) is 14.0 Å². The first-order valence-electron chi connectivity index (χ1n) is 5.79. The number of rotatable bonds is 6. The van der Waals surface area contributed by atoms with Crippen LogP contribution in [0.1, 0.15) is 24.4 Å². The van der Waals surface area contributed by atoms with Crippen molar-refractivity contribution in [3.8, 4) is 0 Å². The zero-order valence-corrected chi connectivity index (χ0v) is 12.1. The van der Waals surface area contributed by atoms with E-state index in [-0.39, 0.29) is 0 Å². The van der Waals surface area contributed by atoms with Crippen molar-refractivity contribution in [2.75, 3.05) is 13.6 Å². The molecule has 1 aromatic heterocycles. The van der Waals surface area contributed by atoms with Crippen LogP contribution in [0.15, 0.2) is 21.6 Å². The van der Waals surface area contributed by atoms with Gasteiger partial charge in [-0.3, -0.25) is 4.79 Å². The summed E-state index contributed by atoms with van der Waals surface area (Å²) in [5.41, 5.74) is 0. The Labute approximate surface area is 116 Å². The Morgan fingerprint density at radius 2 is 2.05 bits per heavy atom. The van der Waals surface area contributed by atoms with Gasteiger partial charge in [0, 0.05) is 13.6 Å². The molecule has 0 saturated carbocycles. The smallest absolute Gasteiger partial charge is 0.371 e. The van der Waals surface area contributed by atoms with Gasteiger partial charge in [0.1, 0.15) is 0 Å². The molecule has 0 spiro atoms. The van der Waals surface area contributed by atoms with E-state index in [2.05, 4.69) is 4.72 Å². The summed E-state index contributed by atoms with van der Waals surface area (Å²) in [4.78, 5) is 23.8. The Morgan fingerprint density at radius 3 is 2.50 bits per heavy atom. The Kier molecular flexibility index (Phi) is 4.90. The molecule has 9 heteroatoms. The molecule has 2 N–H and O–H groups in total. The van der Waals surface area contributed by atoms with E-state index in [0.717, 1.165) is 12.1 Å². The lowest BCUT2D eigenvalue weighted by Crippen LogP contribution is -2.45. The third kappa shape index (κ3) is 3.58. The molecule has 8 nitrogen and oxygen atoms in total. The maximum absolute atomic E-state index is 11.9. The van der Waals surface area contributed by atoms with Gasteiger partial charge in [-0.2, -0.15) is 4.72 Å². The van der Waals surface area contributed by atoms with Gasteiger partial charge < -0.3 is 14.4 Å². The monoisotopic (exact) mass is 304 g/mol. The highest BCUT2D eigenvalue weighted by Gasteiger charge is 2.26. The molecule has 0 saturated heterocycles. The molecular formula is C11H16N2O6S. The maximum Gasteiger partial charge on any atom is 0.371 e. The molecule has 112 valence electrons. The third-order valence-corrected chi connectivity index (χ3v) is 4.02. The van der Waals surface area contributed by atoms with Crippen LogP contribution < -0.4 is 4.72 Å². The molecule has 1 rings (SSSR count). The van der Waals surface area contributed by atoms with Crippen LogP contribution >= 0.6 is 0 Å². The summed E-state index contributed by atoms with van der Waals surface area (Å²) >= 11 is 0. The van der Waals surface area contributed by atoms with Gasteiger partial charge in [-0.15, -0.1) is 0 Å². The zero-order chi connectivity index (χ0) is 15.5. The van der Waals surface area contributed by atoms with Gasteiger partial charge in [0.15, 0.2) is 0 Å². The van der Waals surface area contributed by atoms with E-state index in [4.69, 9.17) is 9.52 Å². The third-order valence-electron chi connectivity index (χ3n) is 2.61. The van der Waals surface area contributed by atoms with Gasteiger partial charge >= 0.3 is 5.97 Å². The minimum atomic E-state index is -4.09. The molecule has 0 fully saturated rings. The Bertz CT molecular complexity index is 606. The summed E-state index contributed by atoms with van der Waals surface area (Å²) < 4.78 is 30.7. The van der Waals surface area contributed by atoms with Gasteiger partial charge in [0.2, 0.25) is 16.8 Å². The van der Waals surface area contributed by atoms with Crippen molar-refractivity contribution in [2.24, 2.45) is 0 Å². The first-order valence-corrected chi connectivity index (χ1v) is 7.27. The number of nitrogens with zero attached hydrogens (tertiary/aromatic N) is 1. The number of carboxylic acid groups (broad SMARTS) is 1. The molecule has 1 unspecified atom stereocenters. The van der Waals surface area contributed by atoms with E-state index < -0.39 is 38.8 Å². The first-order chi connectivity index (χ1) is 9.19. The van der Waals surface area contributed by atoms with Crippen molar-refractivity contribution < 1.29 is 27.5 Å². The molecular weight excluding hydrogens is 288 g/mol. The predicted octanol–water partition coefficient (Wildman–Crippen LogP) is 0.123. The number of amides is 1. The van der Waals surface area contributed by atoms with E-state index in [0.29, 0.717) is 6.54 Å². The topological polar surface area (TPSA) is 117 Å². The van der Waals surface area contributed by atoms with Crippen LogP contribution in [0.25, 0.3) is 0 Å². The molecule has 20 heavy (non-hydrogen) atoms. The summed E-state index contributed by atoms with van der Waals surface area (Å²) in [6.45, 7) is 3.59. The maximum atomic E-state index is 11.9. The lowest BCUT2D eigenvalue weighted by Gasteiger charge is -2.19. The SMILES string of the molecule is CCN(C)C(=O)C(C)NS(=O)(=O)c1ccc(C(=O)O)o1. The number of carbonyl (C=O) groups is 2. The normalized spacial score (nSPS) is 12.9. The number of hydrogen-bond acceptors (Lipinski definition) is 5. The number of aromatic carboxylic acids is 1. The average Bonchev–Trinajstić information content (AvgIpc) is 2.86. The number of carbonyl (C=O) groups excluding carboxylic acids is 1. The summed E-state index contributed by atoms with van der Waals surface area (Å²) in [5, 5.41) is 8.12. The lowest BCUT2D eigenvalue weighted by atomic mass is 10.3. The van der Waals surface area contributed by atoms with Crippen molar-refractivity contribution in [1.29, 1.82) is 0 Å². The fraction of sp³-hybridized carbons (Fsp3) is 0.455. The fourth-order valence-corrected chi connectivity index (χ4v) is 2.54. The second-order valence-corrected chi connectivity index (χ2v) is 5.76. The number of hydrogen-bond donors (Lipinski definition) is 2. The van der Waals surface area contributed by atoms with E-state index in [9.17, 15) is 18.0 Å². The average molecular weight is 304 g/mol. The van der Waals surface area contributed by atoms with E-state index >= 15 is 0 Å². The van der Waals surface area contributed by atoms with Crippen LogP contribution in [0.3, 0.4) is 0 Å². The minimum absolute atomic E-state index is 0.402. The zero-order valence-electron chi connectivity index (χ0n) is 11.3. The molecule has 1 amide bonds. The van der Waals surface area contributed by atoms with Gasteiger partial charge in [-0.25, -0.2) is 13.2 Å². The van der Waals surface area contributed by atoms with Crippen molar-refractivity contribution in [3.63, 3.8) is 0 Å². The highest BCUT2D eigenvalue weighted by atomic mass is 32.2. The lowest BCUT2D eigenvalue weighted by molar-refractivity contribution is -0.131. The van der Waals surface area contributed by atoms with Gasteiger partial charge in [-0.05, 0) is 26.0 Å². The van der Waals surface area contributed by atoms with Crippen molar-refractivity contribution >= 4 is 21.9 Å². The Balaban J connectivity index is 2.89. The van der Waals surface area contributed by atoms with Crippen LogP contribution in [0.2, 0.25) is 0 Å². The second kappa shape index (κ2) is 6.06. The van der Waals surface area contributed by atoms with Crippen molar-refractivity contribution in [3.05, 3.63) is 17.9 Å². The second-order valence-electron chi connectivity index (χ2n) is 4.12. The minimum Gasteiger partial charge on any atom is -0.475 e. The largest absolute Gasteiger partial charge is 0.475 e. The number of carboxylic acids is 1. The molecule has 0 aromatic carbocycles. The van der Waals surface area contributed by atoms with Gasteiger partial charge in [-0.1, -0.05) is 0 Å². The Morgan fingerprint density at radius 1 is 1.45 bits per heavy atom. The number of likely N-dealkylation sites (N-methyl/N-ethyl adjacent to an activating group) is 1. The molecule has 0 radical (unpaired) electrons. The van der Waals surface area contributed by atoms with E-state index in [1.165, 1.54) is 11.8 Å². The van der Waals surface area contributed by atoms with Crippen LogP contribution in [0.5, 0.6) is 0 Å². The summed E-state index contributed by atoms with van der Waals surface area (Å²) in [6, 6.07) is 1.07. The van der Waals surface area contributed by atoms with Crippen molar-refractivity contribution in [2.45, 2.75) is 25.0 Å². The predicted molar refractivity (Wildman–Crippen MR) is 68.8 cm³/mol. The fourth-order valence-electron chi connectivity index (χ4n) is 1.41. The van der Waals surface area contributed by atoms with Crippen LogP contribution in [-0.2, 0) is 14.8 Å². The standard InChI is InChI=1S/C11H16N2O6S/c1-4-13(3)10(14)7(2)12-20(17,18)9-6-5-8(19-9)11(15)16/h5-7,12H,4H2,1-3H3,(H,15,16). The highest BCUT2D eigenvalue weighted by molar-refractivity contribution is 7.89. The number of sulfonamides is 1. The molecule has 0 aliphatic heterocycles. The van der Waals surface area contributed by atoms with Crippen LogP contribution in [-0.4, -0.2) is 49.9 Å². The van der Waals surface area contributed by atoms with Crippen molar-refractivity contribution in [1.82, 2.24) is 9.62 Å². The van der Waals surface area contributed by atoms with Gasteiger partial charge in [0.25, 0.3) is 10.0 Å². The molecule has 1 aromatic rings. The van der Waals surface area contributed by atoms with Gasteiger partial charge in [0.05, 0.1) is 6.04 Å². The molecule has 0 bridgehead atoms. The molecule has 0 aliphatic rings. The van der Waals surface area contributed by atoms with Crippen LogP contribution in [0, 0.1) is 0 Å². The van der Waals surface area contributed by atoms with Crippen LogP contribution in [0.4, 0.5) is 0 Å². The quantitative estimate of drug-likeness (QED) is 0.771. The first kappa shape index (κ1) is 16.2. The number of furan rings is 1. The number of nitrogens with one attached hydrogen (secondary N) is 1. The molecule has 1 heterocycles. The molecule has 0 aliphatic carbocycles. The Hall–Kier alpha value is -1.87. The summed E-state index contributed by atoms with van der Waals surface area (Å²) in [6.07, 6.45) is 0. The van der Waals surface area contributed by atoms with E-state index in [1.807, 2.05) is 0 Å². The molecule has 1 atom stereocenters. The summed E-state index contributed by atoms with van der Waals surface area (Å²) in [7, 11) is -2.54. The highest BCUT2D eigenvalue weighted by Crippen LogP contribution is 2.14.